The number of aromatic nitrogens is 1. The Bertz CT molecular complexity index is 261. The lowest BCUT2D eigenvalue weighted by Gasteiger charge is -1.89. The van der Waals surface area contributed by atoms with Gasteiger partial charge < -0.3 is 5.73 Å². The van der Waals surface area contributed by atoms with E-state index in [0.29, 0.717) is 11.5 Å². The van der Waals surface area contributed by atoms with E-state index in [1.807, 2.05) is 0 Å². The molecule has 0 aliphatic rings. The van der Waals surface area contributed by atoms with Crippen LogP contribution in [0.2, 0.25) is 0 Å². The summed E-state index contributed by atoms with van der Waals surface area (Å²) in [5.41, 5.74) is 5.99. The molecule has 4 heteroatoms. The highest BCUT2D eigenvalue weighted by molar-refractivity contribution is 7.78. The van der Waals surface area contributed by atoms with Gasteiger partial charge in [0, 0.05) is 0 Å². The smallest absolute Gasteiger partial charge is 0.123 e. The van der Waals surface area contributed by atoms with E-state index in [4.69, 9.17) is 5.73 Å². The van der Waals surface area contributed by atoms with Gasteiger partial charge in [-0.15, -0.1) is 0 Å². The summed E-state index contributed by atoms with van der Waals surface area (Å²) in [6.45, 7) is 0. The van der Waals surface area contributed by atoms with Crippen LogP contribution in [0.4, 0.5) is 11.5 Å². The minimum Gasteiger partial charge on any atom is -0.384 e. The molecule has 1 heterocycles. The highest BCUT2D eigenvalue weighted by Crippen LogP contribution is 2.09. The Hall–Kier alpha value is -1.25. The number of nitrogens with zero attached hydrogens (tertiary/aromatic N) is 2. The van der Waals surface area contributed by atoms with Gasteiger partial charge >= 0.3 is 0 Å². The van der Waals surface area contributed by atoms with Crippen LogP contribution < -0.4 is 5.73 Å². The summed E-state index contributed by atoms with van der Waals surface area (Å²) in [6.07, 6.45) is 1.54. The van der Waals surface area contributed by atoms with E-state index >= 15 is 0 Å². The van der Waals surface area contributed by atoms with Gasteiger partial charge in [0.2, 0.25) is 0 Å². The predicted molar refractivity (Wildman–Crippen MR) is 43.3 cm³/mol. The molecule has 0 saturated heterocycles. The summed E-state index contributed by atoms with van der Waals surface area (Å²) in [5.74, 6) is 0.475. The van der Waals surface area contributed by atoms with Gasteiger partial charge in [0.15, 0.2) is 0 Å². The molecule has 0 atom stereocenters. The highest BCUT2D eigenvalue weighted by Gasteiger charge is 1.86. The van der Waals surface area contributed by atoms with Crippen molar-refractivity contribution < 1.29 is 0 Å². The van der Waals surface area contributed by atoms with Gasteiger partial charge in [-0.3, -0.25) is 0 Å². The summed E-state index contributed by atoms with van der Waals surface area (Å²) < 4.78 is 0. The van der Waals surface area contributed by atoms with Crippen molar-refractivity contribution in [3.05, 3.63) is 18.3 Å². The van der Waals surface area contributed by atoms with Crippen LogP contribution in [0.15, 0.2) is 23.3 Å². The number of aliphatic imine (C=N–C) groups is 1. The molecule has 10 heavy (non-hydrogen) atoms. The number of anilines is 1. The molecule has 0 radical (unpaired) electrons. The van der Waals surface area contributed by atoms with Crippen LogP contribution in [-0.2, 0) is 0 Å². The van der Waals surface area contributed by atoms with Crippen molar-refractivity contribution in [3.8, 4) is 0 Å². The Morgan fingerprint density at radius 3 is 2.90 bits per heavy atom. The van der Waals surface area contributed by atoms with Crippen LogP contribution in [0, 0.1) is 0 Å². The van der Waals surface area contributed by atoms with Crippen molar-refractivity contribution >= 4 is 28.9 Å². The summed E-state index contributed by atoms with van der Waals surface area (Å²) in [4.78, 5) is 7.49. The Labute approximate surface area is 63.6 Å². The van der Waals surface area contributed by atoms with Crippen LogP contribution >= 0.6 is 12.2 Å². The molecule has 0 bridgehead atoms. The van der Waals surface area contributed by atoms with Crippen LogP contribution in [0.25, 0.3) is 0 Å². The second kappa shape index (κ2) is 3.06. The summed E-state index contributed by atoms with van der Waals surface area (Å²) >= 11 is 4.39. The first-order valence-corrected chi connectivity index (χ1v) is 3.03. The maximum absolute atomic E-state index is 5.32. The third-order valence-electron chi connectivity index (χ3n) is 0.945. The van der Waals surface area contributed by atoms with E-state index in [1.54, 1.807) is 12.1 Å². The Balaban J connectivity index is 3.00. The third-order valence-corrected chi connectivity index (χ3v) is 1.04. The molecule has 0 fully saturated rings. The lowest BCUT2D eigenvalue weighted by Crippen LogP contribution is -1.86. The molecule has 2 N–H and O–H groups in total. The molecule has 3 nitrogen and oxygen atoms in total. The van der Waals surface area contributed by atoms with E-state index in [-0.39, 0.29) is 0 Å². The first-order valence-electron chi connectivity index (χ1n) is 2.62. The lowest BCUT2D eigenvalue weighted by molar-refractivity contribution is 1.32. The minimum atomic E-state index is 0.475. The molecule has 1 aromatic rings. The molecular formula is C6H5N3S. The number of rotatable bonds is 1. The number of pyridine rings is 1. The van der Waals surface area contributed by atoms with Gasteiger partial charge in [0.05, 0.1) is 17.0 Å². The van der Waals surface area contributed by atoms with Gasteiger partial charge in [0.25, 0.3) is 0 Å². The zero-order valence-corrected chi connectivity index (χ0v) is 5.93. The molecule has 50 valence electrons. The van der Waals surface area contributed by atoms with Crippen molar-refractivity contribution in [1.82, 2.24) is 4.98 Å². The van der Waals surface area contributed by atoms with E-state index < -0.39 is 0 Å². The second-order valence-electron chi connectivity index (χ2n) is 1.64. The number of hydrogen-bond acceptors (Lipinski definition) is 4. The van der Waals surface area contributed by atoms with Gasteiger partial charge in [-0.25, -0.2) is 4.98 Å². The normalized spacial score (nSPS) is 8.40. The van der Waals surface area contributed by atoms with Crippen LogP contribution in [-0.4, -0.2) is 10.1 Å². The van der Waals surface area contributed by atoms with Crippen molar-refractivity contribution in [2.24, 2.45) is 4.99 Å². The second-order valence-corrected chi connectivity index (χ2v) is 1.83. The number of thiocarbonyl (C=S) groups is 1. The molecule has 0 unspecified atom stereocenters. The fourth-order valence-corrected chi connectivity index (χ4v) is 0.622. The summed E-state index contributed by atoms with van der Waals surface area (Å²) in [5, 5.41) is 2.23. The monoisotopic (exact) mass is 151 g/mol. The highest BCUT2D eigenvalue weighted by atomic mass is 32.1. The molecule has 1 aromatic heterocycles. The minimum absolute atomic E-state index is 0.475. The fraction of sp³-hybridized carbons (Fsp3) is 0. The topological polar surface area (TPSA) is 51.3 Å². The van der Waals surface area contributed by atoms with E-state index in [2.05, 4.69) is 27.4 Å². The number of nitrogens with two attached hydrogens (primary N) is 1. The SMILES string of the molecule is Nc1ccc(N=C=S)cn1. The maximum atomic E-state index is 5.32. The molecule has 0 aliphatic carbocycles. The number of hydrogen-bond donors (Lipinski definition) is 1. The van der Waals surface area contributed by atoms with Gasteiger partial charge in [0.1, 0.15) is 5.82 Å². The quantitative estimate of drug-likeness (QED) is 0.487. The molecular weight excluding hydrogens is 146 g/mol. The average molecular weight is 151 g/mol. The molecule has 0 saturated carbocycles. The van der Waals surface area contributed by atoms with Gasteiger partial charge in [-0.05, 0) is 24.4 Å². The van der Waals surface area contributed by atoms with Crippen LogP contribution in [0.3, 0.4) is 0 Å². The summed E-state index contributed by atoms with van der Waals surface area (Å²) in [7, 11) is 0. The zero-order chi connectivity index (χ0) is 7.40. The first-order chi connectivity index (χ1) is 4.83. The molecule has 0 aliphatic heterocycles. The third kappa shape index (κ3) is 1.62. The van der Waals surface area contributed by atoms with E-state index in [9.17, 15) is 0 Å². The predicted octanol–water partition coefficient (Wildman–Crippen LogP) is 1.40. The van der Waals surface area contributed by atoms with E-state index in [0.717, 1.165) is 0 Å². The van der Waals surface area contributed by atoms with Crippen molar-refractivity contribution in [2.45, 2.75) is 0 Å². The van der Waals surface area contributed by atoms with Crippen molar-refractivity contribution in [2.75, 3.05) is 5.73 Å². The average Bonchev–Trinajstić information content (AvgIpc) is 1.95. The largest absolute Gasteiger partial charge is 0.384 e. The zero-order valence-electron chi connectivity index (χ0n) is 5.11. The number of isothiocyanates is 1. The number of nitrogen functional groups attached to an aromatic ring is 1. The van der Waals surface area contributed by atoms with Crippen molar-refractivity contribution in [1.29, 1.82) is 0 Å². The fourth-order valence-electron chi connectivity index (χ4n) is 0.516. The Morgan fingerprint density at radius 2 is 2.40 bits per heavy atom. The van der Waals surface area contributed by atoms with Gasteiger partial charge in [-0.2, -0.15) is 4.99 Å². The Kier molecular flexibility index (Phi) is 2.10. The molecule has 0 aromatic carbocycles. The van der Waals surface area contributed by atoms with Gasteiger partial charge in [-0.1, -0.05) is 0 Å². The lowest BCUT2D eigenvalue weighted by atomic mass is 10.4. The van der Waals surface area contributed by atoms with E-state index in [1.165, 1.54) is 6.20 Å². The molecule has 1 rings (SSSR count). The van der Waals surface area contributed by atoms with Crippen LogP contribution in [0.1, 0.15) is 0 Å². The van der Waals surface area contributed by atoms with Crippen LogP contribution in [0.5, 0.6) is 0 Å². The Morgan fingerprint density at radius 1 is 1.60 bits per heavy atom. The first kappa shape index (κ1) is 6.86. The molecule has 0 amide bonds. The van der Waals surface area contributed by atoms with Crippen molar-refractivity contribution in [3.63, 3.8) is 0 Å². The maximum Gasteiger partial charge on any atom is 0.123 e. The standard InChI is InChI=1S/C6H5N3S/c7-6-2-1-5(3-8-6)9-4-10/h1-3H,(H2,7,8). The molecule has 0 spiro atoms. The summed E-state index contributed by atoms with van der Waals surface area (Å²) in [6, 6.07) is 3.38.